The Morgan fingerprint density at radius 1 is 1.33 bits per heavy atom. The number of hydrogen-bond acceptors (Lipinski definition) is 1. The first kappa shape index (κ1) is 8.65. The highest BCUT2D eigenvalue weighted by molar-refractivity contribution is 6.04. The Hall–Kier alpha value is -1.44. The predicted octanol–water partition coefficient (Wildman–Crippen LogP) is 2.74. The molecule has 1 aromatic rings. The monoisotopic (exact) mass is 164 g/mol. The fourth-order valence-corrected chi connectivity index (χ4v) is 0.866. The van der Waals surface area contributed by atoms with Crippen LogP contribution in [0.1, 0.15) is 17.3 Å². The van der Waals surface area contributed by atoms with Crippen molar-refractivity contribution in [1.29, 1.82) is 0 Å². The van der Waals surface area contributed by atoms with E-state index in [9.17, 15) is 9.18 Å². The van der Waals surface area contributed by atoms with Crippen molar-refractivity contribution in [2.45, 2.75) is 6.92 Å². The van der Waals surface area contributed by atoms with Crippen LogP contribution in [-0.2, 0) is 0 Å². The maximum atomic E-state index is 12.3. The van der Waals surface area contributed by atoms with Gasteiger partial charge in [0.05, 0.1) is 0 Å². The molecule has 0 aliphatic heterocycles. The van der Waals surface area contributed by atoms with Gasteiger partial charge in [-0.2, -0.15) is 0 Å². The second kappa shape index (κ2) is 3.81. The lowest BCUT2D eigenvalue weighted by Crippen LogP contribution is -1.93. The van der Waals surface area contributed by atoms with Crippen LogP contribution >= 0.6 is 0 Å². The number of benzene rings is 1. The summed E-state index contributed by atoms with van der Waals surface area (Å²) in [5.74, 6) is -0.764. The number of hydrogen-bond donors (Lipinski definition) is 0. The fraction of sp³-hybridized carbons (Fsp3) is 0.100. The molecule has 0 heterocycles. The Kier molecular flexibility index (Phi) is 2.75. The van der Waals surface area contributed by atoms with E-state index >= 15 is 0 Å². The summed E-state index contributed by atoms with van der Waals surface area (Å²) in [6, 6.07) is 8.61. The maximum absolute atomic E-state index is 12.3. The lowest BCUT2D eigenvalue weighted by Gasteiger charge is -1.92. The zero-order valence-electron chi connectivity index (χ0n) is 6.75. The van der Waals surface area contributed by atoms with Crippen molar-refractivity contribution in [2.24, 2.45) is 0 Å². The highest BCUT2D eigenvalue weighted by atomic mass is 19.1. The van der Waals surface area contributed by atoms with E-state index in [1.54, 1.807) is 24.3 Å². The van der Waals surface area contributed by atoms with E-state index in [0.29, 0.717) is 5.56 Å². The molecular weight excluding hydrogens is 155 g/mol. The topological polar surface area (TPSA) is 17.1 Å². The highest BCUT2D eigenvalue weighted by Gasteiger charge is 2.00. The van der Waals surface area contributed by atoms with Crippen molar-refractivity contribution in [3.63, 3.8) is 0 Å². The number of allylic oxidation sites excluding steroid dienone is 2. The third-order valence-electron chi connectivity index (χ3n) is 1.39. The normalized spacial score (nSPS) is 11.3. The summed E-state index contributed by atoms with van der Waals surface area (Å²) in [6.07, 6.45) is 0.981. The van der Waals surface area contributed by atoms with Crippen molar-refractivity contribution in [1.82, 2.24) is 0 Å². The standard InChI is InChI=1S/C10H9FO/c1-8(11)7-10(12)9-5-3-2-4-6-9/h2-7H,1H3. The van der Waals surface area contributed by atoms with Gasteiger partial charge in [-0.05, 0) is 6.92 Å². The highest BCUT2D eigenvalue weighted by Crippen LogP contribution is 2.03. The SMILES string of the molecule is CC(F)=CC(=O)c1ccccc1. The first-order valence-electron chi connectivity index (χ1n) is 3.63. The molecule has 0 N–H and O–H groups in total. The molecular formula is C10H9FO. The Morgan fingerprint density at radius 2 is 1.92 bits per heavy atom. The van der Waals surface area contributed by atoms with Crippen LogP contribution in [0.2, 0.25) is 0 Å². The zero-order valence-corrected chi connectivity index (χ0v) is 6.75. The Morgan fingerprint density at radius 3 is 2.42 bits per heavy atom. The van der Waals surface area contributed by atoms with Gasteiger partial charge in [0.1, 0.15) is 5.83 Å². The Bertz CT molecular complexity index is 297. The fourth-order valence-electron chi connectivity index (χ4n) is 0.866. The van der Waals surface area contributed by atoms with Crippen LogP contribution in [0.3, 0.4) is 0 Å². The molecule has 0 amide bonds. The third-order valence-corrected chi connectivity index (χ3v) is 1.39. The summed E-state index contributed by atoms with van der Waals surface area (Å²) in [5, 5.41) is 0. The van der Waals surface area contributed by atoms with Gasteiger partial charge in [-0.25, -0.2) is 4.39 Å². The minimum absolute atomic E-state index is 0.296. The molecule has 2 heteroatoms. The summed E-state index contributed by atoms with van der Waals surface area (Å²) >= 11 is 0. The van der Waals surface area contributed by atoms with Gasteiger partial charge in [-0.3, -0.25) is 4.79 Å². The van der Waals surface area contributed by atoms with Crippen LogP contribution in [0.5, 0.6) is 0 Å². The number of carbonyl (C=O) groups is 1. The summed E-state index contributed by atoms with van der Waals surface area (Å²) in [5.41, 5.74) is 0.509. The van der Waals surface area contributed by atoms with Gasteiger partial charge in [0.15, 0.2) is 5.78 Å². The van der Waals surface area contributed by atoms with E-state index in [2.05, 4.69) is 0 Å². The van der Waals surface area contributed by atoms with E-state index in [0.717, 1.165) is 6.08 Å². The molecule has 0 atom stereocenters. The summed E-state index contributed by atoms with van der Waals surface area (Å²) in [6.45, 7) is 1.25. The molecule has 0 aliphatic rings. The van der Waals surface area contributed by atoms with Crippen molar-refractivity contribution >= 4 is 5.78 Å². The van der Waals surface area contributed by atoms with E-state index in [4.69, 9.17) is 0 Å². The molecule has 62 valence electrons. The largest absolute Gasteiger partial charge is 0.289 e. The molecule has 0 saturated carbocycles. The maximum Gasteiger partial charge on any atom is 0.188 e. The number of ketones is 1. The van der Waals surface area contributed by atoms with Crippen LogP contribution in [0.15, 0.2) is 42.2 Å². The third kappa shape index (κ3) is 2.31. The van der Waals surface area contributed by atoms with Gasteiger partial charge in [0, 0.05) is 11.6 Å². The average molecular weight is 164 g/mol. The molecule has 0 saturated heterocycles. The summed E-state index contributed by atoms with van der Waals surface area (Å²) in [7, 11) is 0. The summed E-state index contributed by atoms with van der Waals surface area (Å²) in [4.78, 5) is 11.1. The van der Waals surface area contributed by atoms with Crippen molar-refractivity contribution < 1.29 is 9.18 Å². The van der Waals surface area contributed by atoms with Crippen LogP contribution in [0.25, 0.3) is 0 Å². The minimum Gasteiger partial charge on any atom is -0.289 e. The molecule has 1 nitrogen and oxygen atoms in total. The van der Waals surface area contributed by atoms with E-state index in [-0.39, 0.29) is 5.78 Å². The molecule has 12 heavy (non-hydrogen) atoms. The van der Waals surface area contributed by atoms with Crippen LogP contribution in [0.4, 0.5) is 4.39 Å². The van der Waals surface area contributed by atoms with Crippen molar-refractivity contribution in [3.8, 4) is 0 Å². The second-order valence-corrected chi connectivity index (χ2v) is 2.46. The number of rotatable bonds is 2. The molecule has 0 aliphatic carbocycles. The first-order chi connectivity index (χ1) is 5.70. The smallest absolute Gasteiger partial charge is 0.188 e. The molecule has 1 aromatic carbocycles. The van der Waals surface area contributed by atoms with Crippen LogP contribution < -0.4 is 0 Å². The van der Waals surface area contributed by atoms with Gasteiger partial charge in [-0.1, -0.05) is 30.3 Å². The van der Waals surface area contributed by atoms with Crippen LogP contribution in [0, 0.1) is 0 Å². The van der Waals surface area contributed by atoms with Crippen molar-refractivity contribution in [3.05, 3.63) is 47.8 Å². The molecule has 1 rings (SSSR count). The van der Waals surface area contributed by atoms with E-state index in [1.165, 1.54) is 6.92 Å². The van der Waals surface area contributed by atoms with Crippen LogP contribution in [-0.4, -0.2) is 5.78 Å². The minimum atomic E-state index is -0.469. The summed E-state index contributed by atoms with van der Waals surface area (Å²) < 4.78 is 12.3. The zero-order chi connectivity index (χ0) is 8.97. The molecule has 0 radical (unpaired) electrons. The molecule has 0 spiro atoms. The molecule has 0 aromatic heterocycles. The van der Waals surface area contributed by atoms with E-state index in [1.807, 2.05) is 6.07 Å². The van der Waals surface area contributed by atoms with Crippen molar-refractivity contribution in [2.75, 3.05) is 0 Å². The Labute approximate surface area is 70.5 Å². The molecule has 0 fully saturated rings. The predicted molar refractivity (Wildman–Crippen MR) is 45.6 cm³/mol. The molecule has 0 unspecified atom stereocenters. The van der Waals surface area contributed by atoms with E-state index < -0.39 is 5.83 Å². The Balaban J connectivity index is 2.87. The average Bonchev–Trinajstić information content (AvgIpc) is 2.05. The second-order valence-electron chi connectivity index (χ2n) is 2.46. The molecule has 0 bridgehead atoms. The quantitative estimate of drug-likeness (QED) is 0.485. The number of halogens is 1. The van der Waals surface area contributed by atoms with Gasteiger partial charge < -0.3 is 0 Å². The first-order valence-corrected chi connectivity index (χ1v) is 3.63. The lowest BCUT2D eigenvalue weighted by atomic mass is 10.1. The van der Waals surface area contributed by atoms with Gasteiger partial charge in [0.25, 0.3) is 0 Å². The van der Waals surface area contributed by atoms with Gasteiger partial charge in [-0.15, -0.1) is 0 Å². The van der Waals surface area contributed by atoms with Gasteiger partial charge >= 0.3 is 0 Å². The van der Waals surface area contributed by atoms with Gasteiger partial charge in [0.2, 0.25) is 0 Å². The lowest BCUT2D eigenvalue weighted by molar-refractivity contribution is 0.104. The number of carbonyl (C=O) groups excluding carboxylic acids is 1.